The van der Waals surface area contributed by atoms with Crippen LogP contribution >= 0.6 is 15.9 Å². The Morgan fingerprint density at radius 1 is 1.26 bits per heavy atom. The van der Waals surface area contributed by atoms with Crippen LogP contribution in [0, 0.1) is 6.92 Å². The standard InChI is InChI=1S/C17H18BrNO3S/c1-4-10-19(14-7-5-6-13(2)11-14)23(20,21)15-8-9-17(22-3)16(18)12-15/h4-9,11-12H,1,10H2,2-3H3. The Morgan fingerprint density at radius 2 is 2.00 bits per heavy atom. The van der Waals surface area contributed by atoms with E-state index in [1.54, 1.807) is 24.3 Å². The molecule has 0 saturated carbocycles. The first-order valence-electron chi connectivity index (χ1n) is 6.94. The highest BCUT2D eigenvalue weighted by atomic mass is 79.9. The molecule has 0 radical (unpaired) electrons. The van der Waals surface area contributed by atoms with Gasteiger partial charge in [-0.2, -0.15) is 0 Å². The van der Waals surface area contributed by atoms with Crippen LogP contribution in [0.3, 0.4) is 0 Å². The molecular formula is C17H18BrNO3S. The number of anilines is 1. The maximum atomic E-state index is 13.0. The maximum absolute atomic E-state index is 13.0. The summed E-state index contributed by atoms with van der Waals surface area (Å²) in [7, 11) is -2.17. The fourth-order valence-electron chi connectivity index (χ4n) is 2.18. The van der Waals surface area contributed by atoms with Crippen molar-refractivity contribution in [2.75, 3.05) is 18.0 Å². The van der Waals surface area contributed by atoms with Crippen molar-refractivity contribution in [2.45, 2.75) is 11.8 Å². The summed E-state index contributed by atoms with van der Waals surface area (Å²) < 4.78 is 33.1. The van der Waals surface area contributed by atoms with Crippen LogP contribution in [0.5, 0.6) is 5.75 Å². The summed E-state index contributed by atoms with van der Waals surface area (Å²) in [5.41, 5.74) is 1.60. The van der Waals surface area contributed by atoms with E-state index in [0.717, 1.165) is 5.56 Å². The molecule has 0 aliphatic carbocycles. The zero-order valence-electron chi connectivity index (χ0n) is 13.0. The Morgan fingerprint density at radius 3 is 2.57 bits per heavy atom. The summed E-state index contributed by atoms with van der Waals surface area (Å²) in [6.45, 7) is 5.78. The van der Waals surface area contributed by atoms with Gasteiger partial charge in [0.25, 0.3) is 10.0 Å². The fourth-order valence-corrected chi connectivity index (χ4v) is 4.32. The van der Waals surface area contributed by atoms with Gasteiger partial charge in [0.1, 0.15) is 5.75 Å². The Hall–Kier alpha value is -1.79. The van der Waals surface area contributed by atoms with Crippen molar-refractivity contribution in [1.82, 2.24) is 0 Å². The first-order valence-corrected chi connectivity index (χ1v) is 9.17. The van der Waals surface area contributed by atoms with Crippen molar-refractivity contribution in [3.8, 4) is 5.75 Å². The quantitative estimate of drug-likeness (QED) is 0.690. The smallest absolute Gasteiger partial charge is 0.264 e. The number of ether oxygens (including phenoxy) is 1. The number of methoxy groups -OCH3 is 1. The van der Waals surface area contributed by atoms with E-state index in [4.69, 9.17) is 4.74 Å². The first-order chi connectivity index (χ1) is 10.9. The summed E-state index contributed by atoms with van der Waals surface area (Å²) in [4.78, 5) is 0.188. The van der Waals surface area contributed by atoms with E-state index in [9.17, 15) is 8.42 Å². The molecule has 0 saturated heterocycles. The summed E-state index contributed by atoms with van der Waals surface area (Å²) in [5.74, 6) is 0.578. The SMILES string of the molecule is C=CCN(c1cccc(C)c1)S(=O)(=O)c1ccc(OC)c(Br)c1. The van der Waals surface area contributed by atoms with Gasteiger partial charge in [0.15, 0.2) is 0 Å². The summed E-state index contributed by atoms with van der Waals surface area (Å²) >= 11 is 3.33. The number of hydrogen-bond donors (Lipinski definition) is 0. The van der Waals surface area contributed by atoms with Gasteiger partial charge >= 0.3 is 0 Å². The highest BCUT2D eigenvalue weighted by molar-refractivity contribution is 9.10. The molecule has 0 aliphatic heterocycles. The molecule has 0 amide bonds. The molecule has 0 bridgehead atoms. The molecule has 0 atom stereocenters. The average molecular weight is 396 g/mol. The van der Waals surface area contributed by atoms with E-state index >= 15 is 0 Å². The van der Waals surface area contributed by atoms with Gasteiger partial charge in [0.05, 0.1) is 28.7 Å². The molecule has 4 nitrogen and oxygen atoms in total. The highest BCUT2D eigenvalue weighted by Gasteiger charge is 2.25. The summed E-state index contributed by atoms with van der Waals surface area (Å²) in [5, 5.41) is 0. The van der Waals surface area contributed by atoms with Crippen LogP contribution in [-0.4, -0.2) is 22.1 Å². The Kier molecular flexibility index (Phi) is 5.49. The third-order valence-corrected chi connectivity index (χ3v) is 5.71. The number of aryl methyl sites for hydroxylation is 1. The van der Waals surface area contributed by atoms with Crippen LogP contribution in [0.25, 0.3) is 0 Å². The highest BCUT2D eigenvalue weighted by Crippen LogP contribution is 2.30. The van der Waals surface area contributed by atoms with Crippen LogP contribution in [0.1, 0.15) is 5.56 Å². The normalized spacial score (nSPS) is 11.1. The van der Waals surface area contributed by atoms with Crippen LogP contribution < -0.4 is 9.04 Å². The van der Waals surface area contributed by atoms with Crippen molar-refractivity contribution in [3.63, 3.8) is 0 Å². The van der Waals surface area contributed by atoms with Crippen molar-refractivity contribution < 1.29 is 13.2 Å². The molecule has 0 N–H and O–H groups in total. The lowest BCUT2D eigenvalue weighted by atomic mass is 10.2. The third-order valence-electron chi connectivity index (χ3n) is 3.30. The Bertz CT molecular complexity index is 818. The van der Waals surface area contributed by atoms with E-state index in [1.807, 2.05) is 25.1 Å². The van der Waals surface area contributed by atoms with Gasteiger partial charge in [-0.1, -0.05) is 18.2 Å². The lowest BCUT2D eigenvalue weighted by Crippen LogP contribution is -2.31. The van der Waals surface area contributed by atoms with E-state index in [-0.39, 0.29) is 11.4 Å². The molecule has 2 aromatic rings. The van der Waals surface area contributed by atoms with E-state index in [0.29, 0.717) is 15.9 Å². The van der Waals surface area contributed by atoms with Crippen LogP contribution in [0.15, 0.2) is 64.5 Å². The number of hydrogen-bond acceptors (Lipinski definition) is 3. The molecule has 0 heterocycles. The van der Waals surface area contributed by atoms with Crippen molar-refractivity contribution in [1.29, 1.82) is 0 Å². The van der Waals surface area contributed by atoms with Gasteiger partial charge in [-0.3, -0.25) is 4.31 Å². The van der Waals surface area contributed by atoms with Gasteiger partial charge in [-0.05, 0) is 58.7 Å². The summed E-state index contributed by atoms with van der Waals surface area (Å²) in [6.07, 6.45) is 1.57. The number of benzene rings is 2. The van der Waals surface area contributed by atoms with Gasteiger partial charge in [-0.25, -0.2) is 8.42 Å². The van der Waals surface area contributed by atoms with Crippen molar-refractivity contribution in [3.05, 3.63) is 65.2 Å². The molecule has 0 aromatic heterocycles. The fraction of sp³-hybridized carbons (Fsp3) is 0.176. The zero-order valence-corrected chi connectivity index (χ0v) is 15.4. The molecule has 6 heteroatoms. The van der Waals surface area contributed by atoms with Gasteiger partial charge < -0.3 is 4.74 Å². The second kappa shape index (κ2) is 7.19. The minimum Gasteiger partial charge on any atom is -0.496 e. The lowest BCUT2D eigenvalue weighted by Gasteiger charge is -2.23. The second-order valence-electron chi connectivity index (χ2n) is 4.96. The predicted octanol–water partition coefficient (Wildman–Crippen LogP) is 4.15. The number of rotatable bonds is 6. The molecule has 0 aliphatic rings. The molecule has 23 heavy (non-hydrogen) atoms. The predicted molar refractivity (Wildman–Crippen MR) is 96.6 cm³/mol. The molecule has 2 aromatic carbocycles. The third kappa shape index (κ3) is 3.76. The number of nitrogens with zero attached hydrogens (tertiary/aromatic N) is 1. The second-order valence-corrected chi connectivity index (χ2v) is 7.68. The van der Waals surface area contributed by atoms with E-state index < -0.39 is 10.0 Å². The van der Waals surface area contributed by atoms with E-state index in [2.05, 4.69) is 22.5 Å². The van der Waals surface area contributed by atoms with Crippen molar-refractivity contribution >= 4 is 31.6 Å². The average Bonchev–Trinajstić information content (AvgIpc) is 2.52. The minimum atomic E-state index is -3.70. The molecular weight excluding hydrogens is 378 g/mol. The monoisotopic (exact) mass is 395 g/mol. The van der Waals surface area contributed by atoms with E-state index in [1.165, 1.54) is 17.5 Å². The van der Waals surface area contributed by atoms with Crippen molar-refractivity contribution in [2.24, 2.45) is 0 Å². The Balaban J connectivity index is 2.53. The molecule has 0 fully saturated rings. The van der Waals surface area contributed by atoms with Crippen LogP contribution in [-0.2, 0) is 10.0 Å². The van der Waals surface area contributed by atoms with Crippen LogP contribution in [0.2, 0.25) is 0 Å². The van der Waals surface area contributed by atoms with Gasteiger partial charge in [0.2, 0.25) is 0 Å². The largest absolute Gasteiger partial charge is 0.496 e. The van der Waals surface area contributed by atoms with Gasteiger partial charge in [-0.15, -0.1) is 6.58 Å². The topological polar surface area (TPSA) is 46.6 Å². The molecule has 2 rings (SSSR count). The maximum Gasteiger partial charge on any atom is 0.264 e. The molecule has 0 unspecified atom stereocenters. The number of halogens is 1. The minimum absolute atomic E-state index is 0.188. The van der Waals surface area contributed by atoms with Gasteiger partial charge in [0, 0.05) is 0 Å². The molecule has 122 valence electrons. The first kappa shape index (κ1) is 17.6. The van der Waals surface area contributed by atoms with Crippen LogP contribution in [0.4, 0.5) is 5.69 Å². The number of sulfonamides is 1. The lowest BCUT2D eigenvalue weighted by molar-refractivity contribution is 0.411. The Labute approximate surface area is 145 Å². The molecule has 0 spiro atoms. The zero-order chi connectivity index (χ0) is 17.0. The summed E-state index contributed by atoms with van der Waals surface area (Å²) in [6, 6.07) is 12.1.